The van der Waals surface area contributed by atoms with Crippen LogP contribution in [-0.4, -0.2) is 41.0 Å². The van der Waals surface area contributed by atoms with E-state index >= 15 is 0 Å². The van der Waals surface area contributed by atoms with Gasteiger partial charge in [0, 0.05) is 25.2 Å². The maximum absolute atomic E-state index is 12.5. The van der Waals surface area contributed by atoms with Gasteiger partial charge in [-0.3, -0.25) is 0 Å². The molecular formula is C11H16F3N5. The summed E-state index contributed by atoms with van der Waals surface area (Å²) in [6.07, 6.45) is -2.21. The minimum absolute atomic E-state index is 0.101. The summed E-state index contributed by atoms with van der Waals surface area (Å²) in [5, 5.41) is 2.84. The highest BCUT2D eigenvalue weighted by Gasteiger charge is 2.35. The smallest absolute Gasteiger partial charge is 0.384 e. The van der Waals surface area contributed by atoms with Gasteiger partial charge in [-0.1, -0.05) is 0 Å². The van der Waals surface area contributed by atoms with Crippen LogP contribution in [0.15, 0.2) is 6.07 Å². The van der Waals surface area contributed by atoms with Gasteiger partial charge in [0.05, 0.1) is 0 Å². The number of likely N-dealkylation sites (N-methyl/N-ethyl adjacent to an activating group) is 1. The Bertz CT molecular complexity index is 444. The van der Waals surface area contributed by atoms with E-state index in [1.54, 1.807) is 0 Å². The molecule has 1 aliphatic carbocycles. The molecule has 19 heavy (non-hydrogen) atoms. The van der Waals surface area contributed by atoms with Crippen LogP contribution in [0.5, 0.6) is 0 Å². The first-order valence-corrected chi connectivity index (χ1v) is 6.02. The van der Waals surface area contributed by atoms with Crippen molar-refractivity contribution in [2.24, 2.45) is 0 Å². The number of nitrogen functional groups attached to an aromatic ring is 1. The first-order chi connectivity index (χ1) is 8.86. The fourth-order valence-electron chi connectivity index (χ4n) is 1.74. The van der Waals surface area contributed by atoms with Crippen LogP contribution in [0, 0.1) is 0 Å². The normalized spacial score (nSPS) is 15.8. The zero-order valence-electron chi connectivity index (χ0n) is 10.5. The Kier molecular flexibility index (Phi) is 3.79. The van der Waals surface area contributed by atoms with Crippen molar-refractivity contribution in [1.29, 1.82) is 0 Å². The zero-order valence-corrected chi connectivity index (χ0v) is 10.5. The van der Waals surface area contributed by atoms with E-state index < -0.39 is 12.0 Å². The molecule has 1 saturated carbocycles. The second kappa shape index (κ2) is 5.20. The third kappa shape index (κ3) is 3.95. The van der Waals surface area contributed by atoms with E-state index in [0.29, 0.717) is 12.6 Å². The summed E-state index contributed by atoms with van der Waals surface area (Å²) >= 11 is 0. The minimum atomic E-state index is -4.59. The highest BCUT2D eigenvalue weighted by molar-refractivity contribution is 5.44. The van der Waals surface area contributed by atoms with Crippen molar-refractivity contribution in [2.75, 3.05) is 31.2 Å². The van der Waals surface area contributed by atoms with Crippen molar-refractivity contribution in [3.63, 3.8) is 0 Å². The van der Waals surface area contributed by atoms with Crippen LogP contribution in [0.25, 0.3) is 0 Å². The number of aromatic nitrogens is 2. The Morgan fingerprint density at radius 3 is 2.68 bits per heavy atom. The topological polar surface area (TPSA) is 67.1 Å². The van der Waals surface area contributed by atoms with Gasteiger partial charge in [0.15, 0.2) is 0 Å². The average Bonchev–Trinajstić information content (AvgIpc) is 3.10. The Morgan fingerprint density at radius 2 is 2.11 bits per heavy atom. The molecule has 5 nitrogen and oxygen atoms in total. The lowest BCUT2D eigenvalue weighted by Gasteiger charge is -2.16. The second-order valence-electron chi connectivity index (χ2n) is 4.64. The molecule has 2 rings (SSSR count). The van der Waals surface area contributed by atoms with Crippen LogP contribution in [0.3, 0.4) is 0 Å². The third-order valence-electron chi connectivity index (χ3n) is 2.94. The Labute approximate surface area is 109 Å². The molecule has 1 aromatic rings. The van der Waals surface area contributed by atoms with Gasteiger partial charge in [-0.05, 0) is 19.9 Å². The number of rotatable bonds is 5. The molecule has 0 amide bonds. The van der Waals surface area contributed by atoms with Crippen molar-refractivity contribution in [1.82, 2.24) is 14.9 Å². The molecule has 0 aromatic carbocycles. The standard InChI is InChI=1S/C11H16F3N5/c1-19(7-2-3-7)5-4-16-9-6-8(15)17-10(18-9)11(12,13)14/h6-7H,2-5H2,1H3,(H3,15,16,17,18). The van der Waals surface area contributed by atoms with Gasteiger partial charge in [0.1, 0.15) is 11.6 Å². The van der Waals surface area contributed by atoms with Gasteiger partial charge in [0.2, 0.25) is 5.82 Å². The van der Waals surface area contributed by atoms with E-state index in [0.717, 1.165) is 6.54 Å². The number of alkyl halides is 3. The molecule has 1 aromatic heterocycles. The Morgan fingerprint density at radius 1 is 1.42 bits per heavy atom. The van der Waals surface area contributed by atoms with Crippen molar-refractivity contribution in [3.05, 3.63) is 11.9 Å². The summed E-state index contributed by atoms with van der Waals surface area (Å²) in [7, 11) is 1.99. The van der Waals surface area contributed by atoms with Crippen LogP contribution in [0.4, 0.5) is 24.8 Å². The summed E-state index contributed by atoms with van der Waals surface area (Å²) in [5.41, 5.74) is 5.34. The Hall–Kier alpha value is -1.57. The van der Waals surface area contributed by atoms with E-state index in [1.165, 1.54) is 18.9 Å². The van der Waals surface area contributed by atoms with Gasteiger partial charge >= 0.3 is 6.18 Å². The third-order valence-corrected chi connectivity index (χ3v) is 2.94. The number of nitrogens with zero attached hydrogens (tertiary/aromatic N) is 3. The molecule has 0 unspecified atom stereocenters. The molecule has 0 radical (unpaired) electrons. The summed E-state index contributed by atoms with van der Waals surface area (Å²) in [6, 6.07) is 1.91. The van der Waals surface area contributed by atoms with E-state index in [1.807, 2.05) is 7.05 Å². The van der Waals surface area contributed by atoms with Crippen molar-refractivity contribution in [2.45, 2.75) is 25.1 Å². The van der Waals surface area contributed by atoms with Crippen molar-refractivity contribution < 1.29 is 13.2 Å². The average molecular weight is 275 g/mol. The minimum Gasteiger partial charge on any atom is -0.384 e. The number of hydrogen-bond acceptors (Lipinski definition) is 5. The molecule has 1 heterocycles. The zero-order chi connectivity index (χ0) is 14.0. The molecule has 0 aliphatic heterocycles. The van der Waals surface area contributed by atoms with E-state index in [4.69, 9.17) is 5.73 Å². The summed E-state index contributed by atoms with van der Waals surface area (Å²) in [6.45, 7) is 1.26. The van der Waals surface area contributed by atoms with Gasteiger partial charge in [0.25, 0.3) is 0 Å². The highest BCUT2D eigenvalue weighted by Crippen LogP contribution is 2.28. The molecule has 0 spiro atoms. The predicted molar refractivity (Wildman–Crippen MR) is 65.6 cm³/mol. The fraction of sp³-hybridized carbons (Fsp3) is 0.636. The molecule has 0 bridgehead atoms. The predicted octanol–water partition coefficient (Wildman–Crippen LogP) is 1.58. The summed E-state index contributed by atoms with van der Waals surface area (Å²) in [5.74, 6) is -1.31. The number of anilines is 2. The summed E-state index contributed by atoms with van der Waals surface area (Å²) < 4.78 is 37.5. The molecule has 3 N–H and O–H groups in total. The van der Waals surface area contributed by atoms with Crippen LogP contribution in [0.2, 0.25) is 0 Å². The second-order valence-corrected chi connectivity index (χ2v) is 4.64. The molecular weight excluding hydrogens is 259 g/mol. The van der Waals surface area contributed by atoms with E-state index in [2.05, 4.69) is 20.2 Å². The molecule has 1 fully saturated rings. The first kappa shape index (κ1) is 13.9. The van der Waals surface area contributed by atoms with Gasteiger partial charge in [-0.25, -0.2) is 9.97 Å². The number of nitrogens with one attached hydrogen (secondary N) is 1. The SMILES string of the molecule is CN(CCNc1cc(N)nc(C(F)(F)F)n1)C1CC1. The van der Waals surface area contributed by atoms with Crippen molar-refractivity contribution >= 4 is 11.6 Å². The van der Waals surface area contributed by atoms with Gasteiger partial charge in [-0.2, -0.15) is 13.2 Å². The van der Waals surface area contributed by atoms with Gasteiger partial charge < -0.3 is 16.0 Å². The van der Waals surface area contributed by atoms with E-state index in [9.17, 15) is 13.2 Å². The largest absolute Gasteiger partial charge is 0.451 e. The van der Waals surface area contributed by atoms with Crippen LogP contribution < -0.4 is 11.1 Å². The molecule has 106 valence electrons. The van der Waals surface area contributed by atoms with E-state index in [-0.39, 0.29) is 11.6 Å². The monoisotopic (exact) mass is 275 g/mol. The lowest BCUT2D eigenvalue weighted by molar-refractivity contribution is -0.144. The highest BCUT2D eigenvalue weighted by atomic mass is 19.4. The van der Waals surface area contributed by atoms with Crippen LogP contribution in [-0.2, 0) is 6.18 Å². The molecule has 1 aliphatic rings. The maximum atomic E-state index is 12.5. The van der Waals surface area contributed by atoms with Crippen LogP contribution >= 0.6 is 0 Å². The molecule has 0 atom stereocenters. The first-order valence-electron chi connectivity index (χ1n) is 6.02. The lowest BCUT2D eigenvalue weighted by Crippen LogP contribution is -2.27. The quantitative estimate of drug-likeness (QED) is 0.854. The maximum Gasteiger partial charge on any atom is 0.451 e. The Balaban J connectivity index is 1.93. The molecule has 0 saturated heterocycles. The van der Waals surface area contributed by atoms with Gasteiger partial charge in [-0.15, -0.1) is 0 Å². The number of halogens is 3. The van der Waals surface area contributed by atoms with Crippen molar-refractivity contribution in [3.8, 4) is 0 Å². The summed E-state index contributed by atoms with van der Waals surface area (Å²) in [4.78, 5) is 8.76. The van der Waals surface area contributed by atoms with Crippen LogP contribution in [0.1, 0.15) is 18.7 Å². The number of hydrogen-bond donors (Lipinski definition) is 2. The number of nitrogens with two attached hydrogens (primary N) is 1. The fourth-order valence-corrected chi connectivity index (χ4v) is 1.74. The molecule has 8 heteroatoms. The lowest BCUT2D eigenvalue weighted by atomic mass is 10.4.